The first kappa shape index (κ1) is 18.5. The Labute approximate surface area is 155 Å². The van der Waals surface area contributed by atoms with Crippen LogP contribution in [0.4, 0.5) is 0 Å². The third-order valence-corrected chi connectivity index (χ3v) is 4.93. The lowest BCUT2D eigenvalue weighted by molar-refractivity contribution is -0.149. The van der Waals surface area contributed by atoms with Crippen molar-refractivity contribution in [3.63, 3.8) is 0 Å². The first-order valence-electron chi connectivity index (χ1n) is 9.54. The quantitative estimate of drug-likeness (QED) is 0.579. The molecule has 1 atom stereocenters. The minimum atomic E-state index is -0.283. The second-order valence-electron chi connectivity index (χ2n) is 7.35. The Morgan fingerprint density at radius 1 is 1.35 bits per heavy atom. The lowest BCUT2D eigenvalue weighted by Gasteiger charge is -2.25. The zero-order valence-corrected chi connectivity index (χ0v) is 16.1. The average molecular weight is 356 g/mol. The fourth-order valence-electron chi connectivity index (χ4n) is 3.87. The molecular weight excluding hydrogens is 328 g/mol. The van der Waals surface area contributed by atoms with Gasteiger partial charge in [-0.1, -0.05) is 6.92 Å². The summed E-state index contributed by atoms with van der Waals surface area (Å²) in [5, 5.41) is 0. The minimum Gasteiger partial charge on any atom is -0.462 e. The first-order valence-corrected chi connectivity index (χ1v) is 9.54. The van der Waals surface area contributed by atoms with Crippen molar-refractivity contribution in [2.75, 3.05) is 0 Å². The van der Waals surface area contributed by atoms with Crippen molar-refractivity contribution in [2.24, 2.45) is 0 Å². The molecule has 0 aromatic carbocycles. The molecule has 0 fully saturated rings. The first-order chi connectivity index (χ1) is 12.4. The molecule has 140 valence electrons. The van der Waals surface area contributed by atoms with Crippen molar-refractivity contribution in [1.82, 2.24) is 9.13 Å². The number of fused-ring (bicyclic) bond motifs is 1. The van der Waals surface area contributed by atoms with Gasteiger partial charge in [0.2, 0.25) is 5.78 Å². The number of nitrogens with zero attached hydrogens (tertiary/aromatic N) is 2. The molecular formula is C21H28N2O3. The summed E-state index contributed by atoms with van der Waals surface area (Å²) >= 11 is 0. The zero-order chi connectivity index (χ0) is 18.8. The van der Waals surface area contributed by atoms with Gasteiger partial charge >= 0.3 is 5.97 Å². The second kappa shape index (κ2) is 7.52. The lowest BCUT2D eigenvalue weighted by Crippen LogP contribution is -2.27. The normalized spacial score (nSPS) is 16.6. The van der Waals surface area contributed by atoms with Crippen LogP contribution in [0, 0.1) is 6.92 Å². The third kappa shape index (κ3) is 3.35. The number of ether oxygens (including phenoxy) is 1. The average Bonchev–Trinajstić information content (AvgIpc) is 3.17. The summed E-state index contributed by atoms with van der Waals surface area (Å²) in [5.74, 6) is -0.439. The maximum atomic E-state index is 13.3. The van der Waals surface area contributed by atoms with E-state index in [-0.39, 0.29) is 23.8 Å². The number of hydrogen-bond donors (Lipinski definition) is 0. The van der Waals surface area contributed by atoms with E-state index in [0.29, 0.717) is 11.4 Å². The lowest BCUT2D eigenvalue weighted by atomic mass is 9.96. The monoisotopic (exact) mass is 356 g/mol. The van der Waals surface area contributed by atoms with Crippen LogP contribution in [0.3, 0.4) is 0 Å². The number of aryl methyl sites for hydroxylation is 2. The number of esters is 1. The fourth-order valence-corrected chi connectivity index (χ4v) is 3.87. The van der Waals surface area contributed by atoms with E-state index in [2.05, 4.69) is 6.92 Å². The molecule has 0 amide bonds. The molecule has 3 rings (SSSR count). The summed E-state index contributed by atoms with van der Waals surface area (Å²) in [7, 11) is 0. The van der Waals surface area contributed by atoms with Crippen molar-refractivity contribution in [2.45, 2.75) is 72.1 Å². The van der Waals surface area contributed by atoms with Crippen molar-refractivity contribution in [3.8, 4) is 0 Å². The molecule has 1 unspecified atom stereocenters. The van der Waals surface area contributed by atoms with Crippen LogP contribution in [0.25, 0.3) is 0 Å². The number of aromatic nitrogens is 2. The van der Waals surface area contributed by atoms with Crippen LogP contribution >= 0.6 is 0 Å². The van der Waals surface area contributed by atoms with Gasteiger partial charge in [-0.2, -0.15) is 0 Å². The molecule has 5 heteroatoms. The Kier molecular flexibility index (Phi) is 5.35. The highest BCUT2D eigenvalue weighted by molar-refractivity contribution is 6.08. The van der Waals surface area contributed by atoms with E-state index in [1.807, 2.05) is 54.3 Å². The highest BCUT2D eigenvalue weighted by Crippen LogP contribution is 2.33. The van der Waals surface area contributed by atoms with Crippen molar-refractivity contribution in [3.05, 3.63) is 47.0 Å². The topological polar surface area (TPSA) is 53.2 Å². The molecule has 2 aromatic heterocycles. The predicted octanol–water partition coefficient (Wildman–Crippen LogP) is 4.07. The summed E-state index contributed by atoms with van der Waals surface area (Å²) in [6.07, 6.45) is 4.44. The maximum absolute atomic E-state index is 13.3. The largest absolute Gasteiger partial charge is 0.462 e. The van der Waals surface area contributed by atoms with E-state index in [1.54, 1.807) is 0 Å². The van der Waals surface area contributed by atoms with Gasteiger partial charge in [0.05, 0.1) is 23.4 Å². The Morgan fingerprint density at radius 3 is 2.81 bits per heavy atom. The molecule has 0 N–H and O–H groups in total. The van der Waals surface area contributed by atoms with Gasteiger partial charge in [-0.25, -0.2) is 0 Å². The van der Waals surface area contributed by atoms with Gasteiger partial charge in [0.15, 0.2) is 0 Å². The number of hydrogen-bond acceptors (Lipinski definition) is 3. The Balaban J connectivity index is 1.98. The maximum Gasteiger partial charge on any atom is 0.315 e. The SMILES string of the molecule is CCCn1cccc1C(=O)c1c(C)cc2n1CCCC2C(=O)OC(C)C. The van der Waals surface area contributed by atoms with Gasteiger partial charge in [0, 0.05) is 25.0 Å². The van der Waals surface area contributed by atoms with E-state index in [0.717, 1.165) is 43.6 Å². The Bertz CT molecular complexity index is 813. The minimum absolute atomic E-state index is 0.0325. The number of carbonyl (C=O) groups is 2. The van der Waals surface area contributed by atoms with E-state index in [4.69, 9.17) is 4.74 Å². The van der Waals surface area contributed by atoms with Gasteiger partial charge in [-0.05, 0) is 63.8 Å². The van der Waals surface area contributed by atoms with Gasteiger partial charge in [-0.3, -0.25) is 9.59 Å². The summed E-state index contributed by atoms with van der Waals surface area (Å²) in [6.45, 7) is 9.37. The van der Waals surface area contributed by atoms with E-state index in [9.17, 15) is 9.59 Å². The summed E-state index contributed by atoms with van der Waals surface area (Å²) in [4.78, 5) is 25.8. The molecule has 0 bridgehead atoms. The number of carbonyl (C=O) groups excluding carboxylic acids is 2. The summed E-state index contributed by atoms with van der Waals surface area (Å²) in [5.41, 5.74) is 3.26. The van der Waals surface area contributed by atoms with Crippen molar-refractivity contribution >= 4 is 11.8 Å². The molecule has 1 aliphatic heterocycles. The number of ketones is 1. The molecule has 1 aliphatic rings. The Morgan fingerprint density at radius 2 is 2.12 bits per heavy atom. The van der Waals surface area contributed by atoms with E-state index in [1.165, 1.54) is 0 Å². The van der Waals surface area contributed by atoms with Gasteiger partial charge in [0.1, 0.15) is 0 Å². The molecule has 0 aliphatic carbocycles. The summed E-state index contributed by atoms with van der Waals surface area (Å²) < 4.78 is 9.49. The molecule has 0 spiro atoms. The van der Waals surface area contributed by atoms with Gasteiger partial charge < -0.3 is 13.9 Å². The molecule has 0 saturated carbocycles. The molecule has 2 aromatic rings. The zero-order valence-electron chi connectivity index (χ0n) is 16.1. The third-order valence-electron chi connectivity index (χ3n) is 4.93. The summed E-state index contributed by atoms with van der Waals surface area (Å²) in [6, 6.07) is 5.79. The van der Waals surface area contributed by atoms with Gasteiger partial charge in [-0.15, -0.1) is 0 Å². The van der Waals surface area contributed by atoms with Crippen LogP contribution in [0.5, 0.6) is 0 Å². The molecule has 0 saturated heterocycles. The van der Waals surface area contributed by atoms with E-state index < -0.39 is 0 Å². The van der Waals surface area contributed by atoms with Crippen LogP contribution in [-0.2, 0) is 22.6 Å². The number of rotatable bonds is 6. The molecule has 26 heavy (non-hydrogen) atoms. The highest BCUT2D eigenvalue weighted by Gasteiger charge is 2.33. The second-order valence-corrected chi connectivity index (χ2v) is 7.35. The highest BCUT2D eigenvalue weighted by atomic mass is 16.5. The fraction of sp³-hybridized carbons (Fsp3) is 0.524. The Hall–Kier alpha value is -2.30. The van der Waals surface area contributed by atoms with Crippen LogP contribution in [0.1, 0.15) is 73.4 Å². The van der Waals surface area contributed by atoms with Crippen LogP contribution < -0.4 is 0 Å². The molecule has 3 heterocycles. The van der Waals surface area contributed by atoms with Gasteiger partial charge in [0.25, 0.3) is 0 Å². The van der Waals surface area contributed by atoms with E-state index >= 15 is 0 Å². The molecule has 5 nitrogen and oxygen atoms in total. The van der Waals surface area contributed by atoms with Crippen LogP contribution in [0.15, 0.2) is 24.4 Å². The predicted molar refractivity (Wildman–Crippen MR) is 101 cm³/mol. The standard InChI is InChI=1S/C21H28N2O3/c1-5-10-22-11-7-9-17(22)20(24)19-15(4)13-18-16(8-6-12-23(18)19)21(25)26-14(2)3/h7,9,11,13-14,16H,5-6,8,10,12H2,1-4H3. The smallest absolute Gasteiger partial charge is 0.315 e. The van der Waals surface area contributed by atoms with Crippen LogP contribution in [-0.4, -0.2) is 27.0 Å². The molecule has 0 radical (unpaired) electrons. The van der Waals surface area contributed by atoms with Crippen molar-refractivity contribution in [1.29, 1.82) is 0 Å². The van der Waals surface area contributed by atoms with Crippen molar-refractivity contribution < 1.29 is 14.3 Å². The van der Waals surface area contributed by atoms with Crippen LogP contribution in [0.2, 0.25) is 0 Å².